The van der Waals surface area contributed by atoms with Crippen LogP contribution in [0.2, 0.25) is 0 Å². The summed E-state index contributed by atoms with van der Waals surface area (Å²) in [6, 6.07) is 0. The van der Waals surface area contributed by atoms with Crippen LogP contribution in [0.3, 0.4) is 0 Å². The first kappa shape index (κ1) is 32.5. The van der Waals surface area contributed by atoms with Crippen molar-refractivity contribution in [3.63, 3.8) is 0 Å². The van der Waals surface area contributed by atoms with Gasteiger partial charge in [-0.05, 0) is 0 Å². The minimum atomic E-state index is -7.57. The molecule has 42 heavy (non-hydrogen) atoms. The summed E-state index contributed by atoms with van der Waals surface area (Å²) < 4.78 is 207. The van der Waals surface area contributed by atoms with Gasteiger partial charge in [0.15, 0.2) is 0 Å². The van der Waals surface area contributed by atoms with Crippen molar-refractivity contribution in [2.75, 3.05) is 0 Å². The highest BCUT2D eigenvalue weighted by molar-refractivity contribution is 5.86. The fourth-order valence-electron chi connectivity index (χ4n) is 5.39. The van der Waals surface area contributed by atoms with Crippen LogP contribution in [0.15, 0.2) is 50.6 Å². The average Bonchev–Trinajstić information content (AvgIpc) is 2.87. The molecule has 20 heteroatoms. The van der Waals surface area contributed by atoms with E-state index in [0.717, 1.165) is 0 Å². The van der Waals surface area contributed by atoms with Gasteiger partial charge < -0.3 is 18.9 Å². The van der Waals surface area contributed by atoms with Crippen LogP contribution in [0.25, 0.3) is 0 Å². The minimum absolute atomic E-state index is 0.497. The third kappa shape index (κ3) is 2.53. The Morgan fingerprint density at radius 1 is 0.357 bits per heavy atom. The van der Waals surface area contributed by atoms with Gasteiger partial charge in [-0.1, -0.05) is 26.3 Å². The Morgan fingerprint density at radius 2 is 0.476 bits per heavy atom. The summed E-state index contributed by atoms with van der Waals surface area (Å²) in [5, 5.41) is 0. The molecule has 0 aliphatic heterocycles. The molecule has 4 saturated carbocycles. The Bertz CT molecular complexity index is 1060. The lowest BCUT2D eigenvalue weighted by molar-refractivity contribution is -0.634. The molecule has 8 nitrogen and oxygen atoms in total. The van der Waals surface area contributed by atoms with Crippen LogP contribution in [-0.4, -0.2) is 81.8 Å². The maximum absolute atomic E-state index is 16.1. The average molecular weight is 632 g/mol. The molecule has 0 unspecified atom stereocenters. The zero-order valence-electron chi connectivity index (χ0n) is 19.9. The maximum Gasteiger partial charge on any atom is 0.350 e. The van der Waals surface area contributed by atoms with Crippen LogP contribution in [0.5, 0.6) is 0 Å². The van der Waals surface area contributed by atoms with E-state index in [1.165, 1.54) is 0 Å². The summed E-state index contributed by atoms with van der Waals surface area (Å²) >= 11 is 0. The summed E-state index contributed by atoms with van der Waals surface area (Å²) in [5.74, 6) is -57.0. The van der Waals surface area contributed by atoms with Crippen molar-refractivity contribution < 1.29 is 90.8 Å². The predicted molar refractivity (Wildman–Crippen MR) is 106 cm³/mol. The lowest BCUT2D eigenvalue weighted by atomic mass is 9.38. The third-order valence-electron chi connectivity index (χ3n) is 6.99. The predicted octanol–water partition coefficient (Wildman–Crippen LogP) is 3.71. The second kappa shape index (κ2) is 8.30. The topological polar surface area (TPSA) is 105 Å². The molecule has 4 aliphatic carbocycles. The van der Waals surface area contributed by atoms with Gasteiger partial charge in [-0.2, -0.15) is 52.7 Å². The van der Waals surface area contributed by atoms with Crippen LogP contribution in [0.1, 0.15) is 0 Å². The van der Waals surface area contributed by atoms with Crippen molar-refractivity contribution in [2.24, 2.45) is 0 Å². The van der Waals surface area contributed by atoms with Crippen molar-refractivity contribution in [1.29, 1.82) is 0 Å². The maximum atomic E-state index is 16.1. The van der Waals surface area contributed by atoms with Gasteiger partial charge in [0.2, 0.25) is 0 Å². The highest BCUT2D eigenvalue weighted by Crippen LogP contribution is 2.88. The molecule has 0 aromatic heterocycles. The van der Waals surface area contributed by atoms with Gasteiger partial charge in [0.25, 0.3) is 0 Å². The van der Waals surface area contributed by atoms with Crippen molar-refractivity contribution >= 4 is 23.9 Å². The molecule has 4 aliphatic rings. The molecule has 0 radical (unpaired) electrons. The van der Waals surface area contributed by atoms with E-state index in [1.54, 1.807) is 0 Å². The molecule has 0 heterocycles. The summed E-state index contributed by atoms with van der Waals surface area (Å²) in [4.78, 5) is 47.7. The van der Waals surface area contributed by atoms with Gasteiger partial charge in [-0.15, -0.1) is 0 Å². The number of hydrogen-bond acceptors (Lipinski definition) is 8. The molecule has 0 saturated heterocycles. The largest absolute Gasteiger partial charge is 0.436 e. The number of hydrogen-bond donors (Lipinski definition) is 0. The van der Waals surface area contributed by atoms with Gasteiger partial charge in [-0.25, -0.2) is 19.2 Å². The normalized spacial score (nSPS) is 36.5. The standard InChI is InChI=1S/C22H12F12O8/c1-5-9(35)39-13-17(23,24)14(40-10(36)6-2)20(29,30)15(18(13,25)26,41-11(37)7-3)22(33,34)16(19(13,27)28,21(14,31)32)42-12(38)8-4/h5-8H,1-4H2. The second-order valence-corrected chi connectivity index (χ2v) is 8.67. The molecule has 0 aromatic rings. The van der Waals surface area contributed by atoms with E-state index in [4.69, 9.17) is 0 Å². The number of carbonyl (C=O) groups is 4. The van der Waals surface area contributed by atoms with Crippen molar-refractivity contribution in [3.8, 4) is 0 Å². The first-order chi connectivity index (χ1) is 18.8. The quantitative estimate of drug-likeness (QED) is 0.173. The Balaban J connectivity index is 2.91. The first-order valence-corrected chi connectivity index (χ1v) is 10.5. The SMILES string of the molecule is C=CC(=O)OC12C(F)(F)C3(OC(=O)C=C)C(F)(F)C(OC(=O)C=C)(C1(F)F)C(F)(F)C(OC(=O)C=C)(C2(F)F)C3(F)F. The van der Waals surface area contributed by atoms with E-state index in [9.17, 15) is 19.2 Å². The third-order valence-corrected chi connectivity index (χ3v) is 6.99. The molecule has 0 aromatic carbocycles. The van der Waals surface area contributed by atoms with Crippen LogP contribution < -0.4 is 0 Å². The van der Waals surface area contributed by atoms with Crippen molar-refractivity contribution in [3.05, 3.63) is 50.6 Å². The minimum Gasteiger partial charge on any atom is -0.436 e. The number of ether oxygens (including phenoxy) is 4. The van der Waals surface area contributed by atoms with Gasteiger partial charge in [0.05, 0.1) is 0 Å². The van der Waals surface area contributed by atoms with E-state index < -0.39 is 106 Å². The second-order valence-electron chi connectivity index (χ2n) is 8.67. The summed E-state index contributed by atoms with van der Waals surface area (Å²) in [7, 11) is 0. The van der Waals surface area contributed by atoms with Crippen LogP contribution >= 0.6 is 0 Å². The Hall–Kier alpha value is -4.00. The van der Waals surface area contributed by atoms with Gasteiger partial charge in [0, 0.05) is 24.3 Å². The lowest BCUT2D eigenvalue weighted by Gasteiger charge is -2.77. The monoisotopic (exact) mass is 632 g/mol. The van der Waals surface area contributed by atoms with Crippen LogP contribution in [0.4, 0.5) is 52.7 Å². The lowest BCUT2D eigenvalue weighted by Crippen LogP contribution is -3.13. The van der Waals surface area contributed by atoms with Gasteiger partial charge in [0.1, 0.15) is 0 Å². The molecule has 0 spiro atoms. The molecule has 0 amide bonds. The number of esters is 4. The molecule has 0 N–H and O–H groups in total. The van der Waals surface area contributed by atoms with Crippen molar-refractivity contribution in [1.82, 2.24) is 0 Å². The van der Waals surface area contributed by atoms with E-state index >= 15 is 52.7 Å². The fraction of sp³-hybridized carbons (Fsp3) is 0.455. The van der Waals surface area contributed by atoms with E-state index in [1.807, 2.05) is 0 Å². The summed E-state index contributed by atoms with van der Waals surface area (Å²) in [6.07, 6.45) is -1.99. The molecule has 0 atom stereocenters. The van der Waals surface area contributed by atoms with E-state index in [-0.39, 0.29) is 0 Å². The summed E-state index contributed by atoms with van der Waals surface area (Å²) in [5.41, 5.74) is -28.3. The highest BCUT2D eigenvalue weighted by atomic mass is 19.3. The summed E-state index contributed by atoms with van der Waals surface area (Å²) in [6.45, 7) is 9.90. The van der Waals surface area contributed by atoms with Crippen LogP contribution in [-0.2, 0) is 38.1 Å². The molecular formula is C22H12F12O8. The Morgan fingerprint density at radius 3 is 0.571 bits per heavy atom. The molecule has 4 fully saturated rings. The van der Waals surface area contributed by atoms with E-state index in [0.29, 0.717) is 0 Å². The molecule has 232 valence electrons. The zero-order valence-corrected chi connectivity index (χ0v) is 19.9. The number of carbonyl (C=O) groups excluding carboxylic acids is 4. The van der Waals surface area contributed by atoms with Crippen molar-refractivity contribution in [2.45, 2.75) is 57.9 Å². The molecular weight excluding hydrogens is 620 g/mol. The smallest absolute Gasteiger partial charge is 0.350 e. The van der Waals surface area contributed by atoms with Gasteiger partial charge in [-0.3, -0.25) is 0 Å². The van der Waals surface area contributed by atoms with Gasteiger partial charge >= 0.3 is 81.8 Å². The fourth-order valence-corrected chi connectivity index (χ4v) is 5.39. The van der Waals surface area contributed by atoms with Crippen LogP contribution in [0, 0.1) is 0 Å². The first-order valence-electron chi connectivity index (χ1n) is 10.5. The Labute approximate surface area is 224 Å². The number of alkyl halides is 12. The number of halogens is 12. The molecule has 4 bridgehead atoms. The zero-order chi connectivity index (χ0) is 33.0. The van der Waals surface area contributed by atoms with E-state index in [2.05, 4.69) is 45.3 Å². The highest BCUT2D eigenvalue weighted by Gasteiger charge is 3.25. The molecule has 4 rings (SSSR count). The number of rotatable bonds is 8. The Kier molecular flexibility index (Phi) is 6.43.